The standard InChI is InChI=1S/C14H17N3O2S/c1-11(12-7-9-16-10-8-12)17-13-5-3-4-6-14(13)20(18,19)15-2/h3-11,15,17H,1-2H3. The lowest BCUT2D eigenvalue weighted by atomic mass is 10.1. The predicted molar refractivity (Wildman–Crippen MR) is 79.0 cm³/mol. The maximum Gasteiger partial charge on any atom is 0.242 e. The second kappa shape index (κ2) is 6.02. The number of pyridine rings is 1. The molecule has 0 bridgehead atoms. The van der Waals surface area contributed by atoms with Gasteiger partial charge >= 0.3 is 0 Å². The number of sulfonamides is 1. The van der Waals surface area contributed by atoms with Crippen LogP contribution in [0.5, 0.6) is 0 Å². The fraction of sp³-hybridized carbons (Fsp3) is 0.214. The number of aromatic nitrogens is 1. The van der Waals surface area contributed by atoms with Crippen LogP contribution in [0.4, 0.5) is 5.69 Å². The average Bonchev–Trinajstić information content (AvgIpc) is 2.48. The van der Waals surface area contributed by atoms with Gasteiger partial charge in [-0.05, 0) is 43.8 Å². The van der Waals surface area contributed by atoms with Crippen LogP contribution in [0, 0.1) is 0 Å². The highest BCUT2D eigenvalue weighted by Crippen LogP contribution is 2.25. The van der Waals surface area contributed by atoms with Crippen molar-refractivity contribution >= 4 is 15.7 Å². The molecule has 0 aliphatic heterocycles. The van der Waals surface area contributed by atoms with Crippen molar-refractivity contribution in [3.63, 3.8) is 0 Å². The van der Waals surface area contributed by atoms with Gasteiger partial charge in [0, 0.05) is 18.4 Å². The number of nitrogens with zero attached hydrogens (tertiary/aromatic N) is 1. The lowest BCUT2D eigenvalue weighted by molar-refractivity contribution is 0.588. The Morgan fingerprint density at radius 2 is 1.75 bits per heavy atom. The van der Waals surface area contributed by atoms with Crippen LogP contribution in [-0.2, 0) is 10.0 Å². The van der Waals surface area contributed by atoms with Crippen LogP contribution in [0.1, 0.15) is 18.5 Å². The highest BCUT2D eigenvalue weighted by molar-refractivity contribution is 7.89. The number of anilines is 1. The van der Waals surface area contributed by atoms with Crippen molar-refractivity contribution in [3.05, 3.63) is 54.4 Å². The highest BCUT2D eigenvalue weighted by atomic mass is 32.2. The van der Waals surface area contributed by atoms with E-state index in [1.807, 2.05) is 19.1 Å². The average molecular weight is 291 g/mol. The number of rotatable bonds is 5. The summed E-state index contributed by atoms with van der Waals surface area (Å²) in [6.07, 6.45) is 3.42. The summed E-state index contributed by atoms with van der Waals surface area (Å²) < 4.78 is 26.3. The normalized spacial score (nSPS) is 12.9. The molecule has 0 fully saturated rings. The molecule has 0 radical (unpaired) electrons. The molecule has 1 unspecified atom stereocenters. The van der Waals surface area contributed by atoms with Crippen molar-refractivity contribution in [2.45, 2.75) is 17.9 Å². The summed E-state index contributed by atoms with van der Waals surface area (Å²) in [5.74, 6) is 0. The first kappa shape index (κ1) is 14.5. The van der Waals surface area contributed by atoms with E-state index in [1.165, 1.54) is 7.05 Å². The van der Waals surface area contributed by atoms with Gasteiger partial charge in [-0.1, -0.05) is 12.1 Å². The number of hydrogen-bond acceptors (Lipinski definition) is 4. The minimum Gasteiger partial charge on any atom is -0.377 e. The Kier molecular flexibility index (Phi) is 4.36. The smallest absolute Gasteiger partial charge is 0.242 e. The largest absolute Gasteiger partial charge is 0.377 e. The number of nitrogens with one attached hydrogen (secondary N) is 2. The summed E-state index contributed by atoms with van der Waals surface area (Å²) in [5.41, 5.74) is 1.61. The van der Waals surface area contributed by atoms with E-state index in [1.54, 1.807) is 36.7 Å². The zero-order valence-corrected chi connectivity index (χ0v) is 12.2. The molecule has 6 heteroatoms. The topological polar surface area (TPSA) is 71.1 Å². The van der Waals surface area contributed by atoms with Gasteiger partial charge in [0.15, 0.2) is 0 Å². The monoisotopic (exact) mass is 291 g/mol. The zero-order chi connectivity index (χ0) is 14.6. The molecule has 1 atom stereocenters. The molecule has 0 spiro atoms. The van der Waals surface area contributed by atoms with Crippen LogP contribution in [-0.4, -0.2) is 20.4 Å². The summed E-state index contributed by atoms with van der Waals surface area (Å²) >= 11 is 0. The van der Waals surface area contributed by atoms with Crippen molar-refractivity contribution in [1.29, 1.82) is 0 Å². The van der Waals surface area contributed by atoms with Crippen LogP contribution in [0.2, 0.25) is 0 Å². The first-order chi connectivity index (χ1) is 9.54. The van der Waals surface area contributed by atoms with Gasteiger partial charge in [-0.3, -0.25) is 4.98 Å². The van der Waals surface area contributed by atoms with Crippen molar-refractivity contribution < 1.29 is 8.42 Å². The van der Waals surface area contributed by atoms with Crippen LogP contribution in [0.25, 0.3) is 0 Å². The minimum atomic E-state index is -3.48. The summed E-state index contributed by atoms with van der Waals surface area (Å²) in [4.78, 5) is 4.21. The number of para-hydroxylation sites is 1. The van der Waals surface area contributed by atoms with Crippen molar-refractivity contribution in [3.8, 4) is 0 Å². The summed E-state index contributed by atoms with van der Waals surface area (Å²) in [6.45, 7) is 1.97. The van der Waals surface area contributed by atoms with E-state index in [0.717, 1.165) is 5.56 Å². The Bertz CT molecular complexity index is 672. The Labute approximate surface area is 119 Å². The molecule has 1 aromatic heterocycles. The second-order valence-electron chi connectivity index (χ2n) is 4.35. The molecule has 5 nitrogen and oxygen atoms in total. The van der Waals surface area contributed by atoms with Gasteiger partial charge in [-0.2, -0.15) is 0 Å². The third kappa shape index (κ3) is 3.15. The molecule has 1 heterocycles. The molecule has 0 aliphatic carbocycles. The van der Waals surface area contributed by atoms with Crippen molar-refractivity contribution in [2.24, 2.45) is 0 Å². The van der Waals surface area contributed by atoms with Crippen molar-refractivity contribution in [2.75, 3.05) is 12.4 Å². The third-order valence-electron chi connectivity index (χ3n) is 3.02. The van der Waals surface area contributed by atoms with E-state index in [2.05, 4.69) is 15.0 Å². The number of hydrogen-bond donors (Lipinski definition) is 2. The van der Waals surface area contributed by atoms with Crippen LogP contribution in [0.3, 0.4) is 0 Å². The van der Waals surface area contributed by atoms with E-state index in [4.69, 9.17) is 0 Å². The first-order valence-corrected chi connectivity index (χ1v) is 7.72. The number of benzene rings is 1. The Morgan fingerprint density at radius 1 is 1.10 bits per heavy atom. The quantitative estimate of drug-likeness (QED) is 0.885. The molecule has 2 rings (SSSR count). The third-order valence-corrected chi connectivity index (χ3v) is 4.50. The Hall–Kier alpha value is -1.92. The molecule has 2 N–H and O–H groups in total. The zero-order valence-electron chi connectivity index (χ0n) is 11.4. The van der Waals surface area contributed by atoms with Gasteiger partial charge < -0.3 is 5.32 Å². The molecule has 0 saturated carbocycles. The van der Waals surface area contributed by atoms with Crippen molar-refractivity contribution in [1.82, 2.24) is 9.71 Å². The molecule has 2 aromatic rings. The van der Waals surface area contributed by atoms with Gasteiger partial charge in [-0.15, -0.1) is 0 Å². The Morgan fingerprint density at radius 3 is 2.40 bits per heavy atom. The molecule has 0 saturated heterocycles. The van der Waals surface area contributed by atoms with E-state index >= 15 is 0 Å². The van der Waals surface area contributed by atoms with Crippen LogP contribution in [0.15, 0.2) is 53.7 Å². The van der Waals surface area contributed by atoms with Crippen LogP contribution >= 0.6 is 0 Å². The van der Waals surface area contributed by atoms with Gasteiger partial charge in [-0.25, -0.2) is 13.1 Å². The molecular weight excluding hydrogens is 274 g/mol. The van der Waals surface area contributed by atoms with E-state index in [0.29, 0.717) is 5.69 Å². The fourth-order valence-corrected chi connectivity index (χ4v) is 2.79. The Balaban J connectivity index is 2.31. The van der Waals surface area contributed by atoms with E-state index in [-0.39, 0.29) is 10.9 Å². The highest BCUT2D eigenvalue weighted by Gasteiger charge is 2.17. The van der Waals surface area contributed by atoms with Gasteiger partial charge in [0.1, 0.15) is 4.90 Å². The van der Waals surface area contributed by atoms with E-state index < -0.39 is 10.0 Å². The first-order valence-electron chi connectivity index (χ1n) is 6.23. The van der Waals surface area contributed by atoms with Gasteiger partial charge in [0.25, 0.3) is 0 Å². The van der Waals surface area contributed by atoms with E-state index in [9.17, 15) is 8.42 Å². The predicted octanol–water partition coefficient (Wildman–Crippen LogP) is 2.16. The molecular formula is C14H17N3O2S. The van der Waals surface area contributed by atoms with Gasteiger partial charge in [0.05, 0.1) is 5.69 Å². The SMILES string of the molecule is CNS(=O)(=O)c1ccccc1NC(C)c1ccncc1. The fourth-order valence-electron chi connectivity index (χ4n) is 1.90. The minimum absolute atomic E-state index is 0.0220. The van der Waals surface area contributed by atoms with Gasteiger partial charge in [0.2, 0.25) is 10.0 Å². The second-order valence-corrected chi connectivity index (χ2v) is 6.21. The summed E-state index contributed by atoms with van der Waals surface area (Å²) in [5, 5.41) is 3.22. The maximum absolute atomic E-state index is 12.0. The molecule has 106 valence electrons. The lowest BCUT2D eigenvalue weighted by Gasteiger charge is -2.18. The molecule has 1 aromatic carbocycles. The molecule has 20 heavy (non-hydrogen) atoms. The summed E-state index contributed by atoms with van der Waals surface area (Å²) in [7, 11) is -2.08. The van der Waals surface area contributed by atoms with Crippen LogP contribution < -0.4 is 10.0 Å². The lowest BCUT2D eigenvalue weighted by Crippen LogP contribution is -2.20. The molecule has 0 aliphatic rings. The summed E-state index contributed by atoms with van der Waals surface area (Å²) in [6, 6.07) is 10.6. The maximum atomic E-state index is 12.0. The molecule has 0 amide bonds.